The first-order valence-electron chi connectivity index (χ1n) is 6.22. The highest BCUT2D eigenvalue weighted by Gasteiger charge is 2.21. The second-order valence-corrected chi connectivity index (χ2v) is 5.32. The Bertz CT molecular complexity index is 610. The predicted molar refractivity (Wildman–Crippen MR) is 81.2 cm³/mol. The lowest BCUT2D eigenvalue weighted by Gasteiger charge is -2.14. The Balaban J connectivity index is 2.32. The lowest BCUT2D eigenvalue weighted by molar-refractivity contribution is -0.138. The molecule has 0 amide bonds. The lowest BCUT2D eigenvalue weighted by Crippen LogP contribution is -2.14. The fourth-order valence-electron chi connectivity index (χ4n) is 2.09. The van der Waals surface area contributed by atoms with E-state index in [-0.39, 0.29) is 0 Å². The largest absolute Gasteiger partial charge is 0.497 e. The van der Waals surface area contributed by atoms with Crippen LogP contribution in [-0.2, 0) is 11.2 Å². The van der Waals surface area contributed by atoms with Crippen LogP contribution >= 0.6 is 15.9 Å². The Morgan fingerprint density at radius 2 is 2.00 bits per heavy atom. The number of hydrogen-bond donors (Lipinski definition) is 1. The number of carboxylic acid groups (broad SMARTS) is 1. The van der Waals surface area contributed by atoms with E-state index in [2.05, 4.69) is 15.9 Å². The fraction of sp³-hybridized carbons (Fsp3) is 0.188. The third kappa shape index (κ3) is 3.39. The van der Waals surface area contributed by atoms with Gasteiger partial charge in [0.25, 0.3) is 0 Å². The lowest BCUT2D eigenvalue weighted by atomic mass is 9.92. The van der Waals surface area contributed by atoms with Gasteiger partial charge in [-0.15, -0.1) is 0 Å². The Hall–Kier alpha value is -1.81. The summed E-state index contributed by atoms with van der Waals surface area (Å²) in [5, 5.41) is 9.49. The minimum atomic E-state index is -0.839. The van der Waals surface area contributed by atoms with Crippen molar-refractivity contribution >= 4 is 21.9 Å². The molecule has 2 aromatic carbocycles. The Morgan fingerprint density at radius 3 is 2.65 bits per heavy atom. The van der Waals surface area contributed by atoms with Crippen LogP contribution in [0.2, 0.25) is 0 Å². The molecule has 1 atom stereocenters. The van der Waals surface area contributed by atoms with E-state index in [0.29, 0.717) is 12.2 Å². The topological polar surface area (TPSA) is 46.5 Å². The molecule has 104 valence electrons. The minimum absolute atomic E-state index is 0.434. The van der Waals surface area contributed by atoms with E-state index >= 15 is 0 Å². The summed E-state index contributed by atoms with van der Waals surface area (Å²) < 4.78 is 6.08. The third-order valence-corrected chi connectivity index (χ3v) is 3.95. The first kappa shape index (κ1) is 14.6. The van der Waals surface area contributed by atoms with E-state index in [9.17, 15) is 9.90 Å². The van der Waals surface area contributed by atoms with Gasteiger partial charge in [0.1, 0.15) is 5.75 Å². The number of carbonyl (C=O) groups is 1. The molecule has 0 aliphatic rings. The molecule has 0 aliphatic heterocycles. The van der Waals surface area contributed by atoms with Crippen molar-refractivity contribution in [3.8, 4) is 5.75 Å². The Morgan fingerprint density at radius 1 is 1.25 bits per heavy atom. The van der Waals surface area contributed by atoms with Gasteiger partial charge in [-0.05, 0) is 35.7 Å². The minimum Gasteiger partial charge on any atom is -0.497 e. The second-order valence-electron chi connectivity index (χ2n) is 4.46. The summed E-state index contributed by atoms with van der Waals surface area (Å²) in [4.78, 5) is 11.6. The van der Waals surface area contributed by atoms with Crippen molar-refractivity contribution in [3.63, 3.8) is 0 Å². The summed E-state index contributed by atoms with van der Waals surface area (Å²) in [5.41, 5.74) is 1.72. The normalized spacial score (nSPS) is 11.9. The molecule has 2 aromatic rings. The van der Waals surface area contributed by atoms with Gasteiger partial charge >= 0.3 is 5.97 Å². The molecule has 3 nitrogen and oxygen atoms in total. The van der Waals surface area contributed by atoms with Gasteiger partial charge in [0.05, 0.1) is 13.0 Å². The van der Waals surface area contributed by atoms with Gasteiger partial charge in [0.2, 0.25) is 0 Å². The molecule has 0 aromatic heterocycles. The summed E-state index contributed by atoms with van der Waals surface area (Å²) in [7, 11) is 1.57. The van der Waals surface area contributed by atoms with E-state index < -0.39 is 11.9 Å². The van der Waals surface area contributed by atoms with Crippen molar-refractivity contribution in [1.29, 1.82) is 0 Å². The molecule has 2 rings (SSSR count). The number of rotatable bonds is 5. The first-order chi connectivity index (χ1) is 9.61. The zero-order valence-electron chi connectivity index (χ0n) is 11.0. The third-order valence-electron chi connectivity index (χ3n) is 3.18. The number of methoxy groups -OCH3 is 1. The van der Waals surface area contributed by atoms with Crippen LogP contribution in [0.4, 0.5) is 0 Å². The van der Waals surface area contributed by atoms with Crippen LogP contribution in [0.1, 0.15) is 17.0 Å². The molecule has 0 heterocycles. The average Bonchev–Trinajstić information content (AvgIpc) is 2.46. The molecule has 0 bridgehead atoms. The van der Waals surface area contributed by atoms with E-state index in [0.717, 1.165) is 15.6 Å². The predicted octanol–water partition coefficient (Wildman–Crippen LogP) is 3.87. The van der Waals surface area contributed by atoms with Gasteiger partial charge in [-0.25, -0.2) is 0 Å². The highest BCUT2D eigenvalue weighted by molar-refractivity contribution is 9.10. The molecule has 4 heteroatoms. The highest BCUT2D eigenvalue weighted by atomic mass is 79.9. The van der Waals surface area contributed by atoms with Crippen LogP contribution in [0.5, 0.6) is 5.75 Å². The average molecular weight is 335 g/mol. The number of benzene rings is 2. The van der Waals surface area contributed by atoms with Crippen LogP contribution in [0.3, 0.4) is 0 Å². The van der Waals surface area contributed by atoms with Gasteiger partial charge in [0.15, 0.2) is 0 Å². The maximum Gasteiger partial charge on any atom is 0.311 e. The quantitative estimate of drug-likeness (QED) is 0.902. The number of halogens is 1. The first-order valence-corrected chi connectivity index (χ1v) is 7.01. The van der Waals surface area contributed by atoms with E-state index in [1.807, 2.05) is 36.4 Å². The van der Waals surface area contributed by atoms with Gasteiger partial charge in [-0.1, -0.05) is 46.3 Å². The number of ether oxygens (including phenoxy) is 1. The molecule has 0 spiro atoms. The smallest absolute Gasteiger partial charge is 0.311 e. The molecular weight excluding hydrogens is 320 g/mol. The summed E-state index contributed by atoms with van der Waals surface area (Å²) in [6, 6.07) is 14.9. The zero-order chi connectivity index (χ0) is 14.5. The van der Waals surface area contributed by atoms with Crippen LogP contribution in [-0.4, -0.2) is 18.2 Å². The van der Waals surface area contributed by atoms with E-state index in [1.54, 1.807) is 19.2 Å². The maximum absolute atomic E-state index is 11.6. The van der Waals surface area contributed by atoms with Crippen molar-refractivity contribution in [2.45, 2.75) is 12.3 Å². The Labute approximate surface area is 126 Å². The van der Waals surface area contributed by atoms with Crippen molar-refractivity contribution in [1.82, 2.24) is 0 Å². The monoisotopic (exact) mass is 334 g/mol. The SMILES string of the molecule is COc1cccc(C(Cc2ccccc2Br)C(=O)O)c1. The molecule has 20 heavy (non-hydrogen) atoms. The molecule has 0 aliphatic carbocycles. The molecule has 1 unspecified atom stereocenters. The van der Waals surface area contributed by atoms with E-state index in [1.165, 1.54) is 0 Å². The molecule has 0 saturated heterocycles. The van der Waals surface area contributed by atoms with E-state index in [4.69, 9.17) is 4.74 Å². The fourth-order valence-corrected chi connectivity index (χ4v) is 2.54. The molecule has 0 radical (unpaired) electrons. The van der Waals surface area contributed by atoms with Crippen LogP contribution < -0.4 is 4.74 Å². The zero-order valence-corrected chi connectivity index (χ0v) is 12.6. The number of aliphatic carboxylic acids is 1. The molecule has 0 saturated carbocycles. The van der Waals surface area contributed by atoms with Gasteiger partial charge in [-0.2, -0.15) is 0 Å². The molecule has 0 fully saturated rings. The number of hydrogen-bond acceptors (Lipinski definition) is 2. The van der Waals surface area contributed by atoms with Crippen molar-refractivity contribution in [3.05, 3.63) is 64.1 Å². The van der Waals surface area contributed by atoms with Gasteiger partial charge in [-0.3, -0.25) is 4.79 Å². The second kappa shape index (κ2) is 6.57. The highest BCUT2D eigenvalue weighted by Crippen LogP contribution is 2.27. The maximum atomic E-state index is 11.6. The number of carboxylic acids is 1. The summed E-state index contributed by atoms with van der Waals surface area (Å²) in [5.74, 6) is -0.765. The molecule has 1 N–H and O–H groups in total. The standard InChI is InChI=1S/C16H15BrO3/c1-20-13-7-4-6-11(9-13)14(16(18)19)10-12-5-2-3-8-15(12)17/h2-9,14H,10H2,1H3,(H,18,19). The van der Waals surface area contributed by atoms with Crippen molar-refractivity contribution in [2.24, 2.45) is 0 Å². The Kier molecular flexibility index (Phi) is 4.79. The van der Waals surface area contributed by atoms with Crippen LogP contribution in [0.15, 0.2) is 53.0 Å². The van der Waals surface area contributed by atoms with Crippen LogP contribution in [0, 0.1) is 0 Å². The van der Waals surface area contributed by atoms with Crippen molar-refractivity contribution < 1.29 is 14.6 Å². The molecular formula is C16H15BrO3. The summed E-state index contributed by atoms with van der Waals surface area (Å²) in [6.45, 7) is 0. The summed E-state index contributed by atoms with van der Waals surface area (Å²) in [6.07, 6.45) is 0.434. The van der Waals surface area contributed by atoms with Crippen LogP contribution in [0.25, 0.3) is 0 Å². The van der Waals surface area contributed by atoms with Crippen molar-refractivity contribution in [2.75, 3.05) is 7.11 Å². The van der Waals surface area contributed by atoms with Gasteiger partial charge in [0, 0.05) is 4.47 Å². The summed E-state index contributed by atoms with van der Waals surface area (Å²) >= 11 is 3.46. The van der Waals surface area contributed by atoms with Gasteiger partial charge < -0.3 is 9.84 Å².